The van der Waals surface area contributed by atoms with Gasteiger partial charge < -0.3 is 19.5 Å². The van der Waals surface area contributed by atoms with E-state index in [0.29, 0.717) is 25.6 Å². The Morgan fingerprint density at radius 3 is 1.44 bits per heavy atom. The molecule has 0 saturated carbocycles. The van der Waals surface area contributed by atoms with Gasteiger partial charge in [-0.25, -0.2) is 0 Å². The first-order chi connectivity index (χ1) is 25.5. The first-order valence-corrected chi connectivity index (χ1v) is 23.1. The van der Waals surface area contributed by atoms with E-state index >= 15 is 0 Å². The van der Waals surface area contributed by atoms with Gasteiger partial charge in [0.15, 0.2) is 0 Å². The van der Waals surface area contributed by atoms with Crippen molar-refractivity contribution in [1.29, 1.82) is 0 Å². The molecule has 0 aromatic carbocycles. The molecule has 1 unspecified atom stereocenters. The number of rotatable bonds is 42. The lowest BCUT2D eigenvalue weighted by Crippen LogP contribution is -2.27. The van der Waals surface area contributed by atoms with Gasteiger partial charge in [-0.05, 0) is 83.3 Å². The highest BCUT2D eigenvalue weighted by atomic mass is 16.5. The number of hydrogen-bond acceptors (Lipinski definition) is 6. The molecular weight excluding hydrogens is 647 g/mol. The zero-order valence-corrected chi connectivity index (χ0v) is 35.6. The van der Waals surface area contributed by atoms with E-state index in [0.717, 1.165) is 71.0 Å². The third kappa shape index (κ3) is 35.9. The van der Waals surface area contributed by atoms with Crippen LogP contribution in [0.3, 0.4) is 0 Å². The number of ether oxygens (including phenoxy) is 2. The van der Waals surface area contributed by atoms with E-state index in [9.17, 15) is 14.7 Å². The summed E-state index contributed by atoms with van der Waals surface area (Å²) in [7, 11) is 0. The van der Waals surface area contributed by atoms with Crippen molar-refractivity contribution in [2.24, 2.45) is 11.8 Å². The summed E-state index contributed by atoms with van der Waals surface area (Å²) in [6, 6.07) is 0. The van der Waals surface area contributed by atoms with E-state index in [1.54, 1.807) is 0 Å². The van der Waals surface area contributed by atoms with Crippen LogP contribution in [0.15, 0.2) is 0 Å². The zero-order valence-electron chi connectivity index (χ0n) is 35.6. The number of carbonyl (C=O) groups excluding carboxylic acids is 2. The molecule has 0 spiro atoms. The summed E-state index contributed by atoms with van der Waals surface area (Å²) in [4.78, 5) is 27.4. The average Bonchev–Trinajstić information content (AvgIpc) is 3.14. The quantitative estimate of drug-likeness (QED) is 0.0496. The number of unbranched alkanes of at least 4 members (excludes halogenated alkanes) is 22. The molecule has 0 aliphatic carbocycles. The maximum Gasteiger partial charge on any atom is 0.308 e. The maximum absolute atomic E-state index is 12.8. The monoisotopic (exact) mass is 738 g/mol. The summed E-state index contributed by atoms with van der Waals surface area (Å²) in [5, 5.41) is 9.28. The first-order valence-electron chi connectivity index (χ1n) is 23.1. The highest BCUT2D eigenvalue weighted by Crippen LogP contribution is 2.21. The number of hydrogen-bond donors (Lipinski definition) is 1. The third-order valence-electron chi connectivity index (χ3n) is 10.9. The second kappa shape index (κ2) is 41.0. The molecule has 6 nitrogen and oxygen atoms in total. The van der Waals surface area contributed by atoms with Crippen molar-refractivity contribution in [2.45, 2.75) is 233 Å². The Balaban J connectivity index is 4.12. The predicted molar refractivity (Wildman–Crippen MR) is 223 cm³/mol. The molecular formula is C46H91NO5. The van der Waals surface area contributed by atoms with E-state index < -0.39 is 0 Å². The summed E-state index contributed by atoms with van der Waals surface area (Å²) in [6.07, 6.45) is 37.8. The summed E-state index contributed by atoms with van der Waals surface area (Å²) < 4.78 is 11.4. The molecule has 0 radical (unpaired) electrons. The Labute approximate surface area is 324 Å². The van der Waals surface area contributed by atoms with Gasteiger partial charge in [-0.2, -0.15) is 0 Å². The van der Waals surface area contributed by atoms with Crippen LogP contribution in [0.1, 0.15) is 233 Å². The van der Waals surface area contributed by atoms with Crippen molar-refractivity contribution < 1.29 is 24.2 Å². The Morgan fingerprint density at radius 2 is 0.923 bits per heavy atom. The molecule has 0 rings (SSSR count). The van der Waals surface area contributed by atoms with Gasteiger partial charge in [0.2, 0.25) is 0 Å². The lowest BCUT2D eigenvalue weighted by atomic mass is 9.95. The Bertz CT molecular complexity index is 732. The number of nitrogens with zero attached hydrogens (tertiary/aromatic N) is 1. The SMILES string of the molecule is CCCCCCCCCC(=O)OCCCCCCCN(CCCCO)CCCCCCC(C)C(=O)OCC(CCCCCCC)CCCCCCC. The van der Waals surface area contributed by atoms with Crippen LogP contribution in [-0.4, -0.2) is 61.4 Å². The Morgan fingerprint density at radius 1 is 0.500 bits per heavy atom. The first kappa shape index (κ1) is 50.9. The van der Waals surface area contributed by atoms with Crippen molar-refractivity contribution >= 4 is 11.9 Å². The van der Waals surface area contributed by atoms with E-state index in [4.69, 9.17) is 9.47 Å². The lowest BCUT2D eigenvalue weighted by molar-refractivity contribution is -0.149. The van der Waals surface area contributed by atoms with Crippen LogP contribution in [0.25, 0.3) is 0 Å². The molecule has 0 heterocycles. The van der Waals surface area contributed by atoms with E-state index in [2.05, 4.69) is 32.6 Å². The number of esters is 2. The molecule has 0 aromatic rings. The highest BCUT2D eigenvalue weighted by Gasteiger charge is 2.17. The van der Waals surface area contributed by atoms with E-state index in [1.165, 1.54) is 148 Å². The Kier molecular flexibility index (Phi) is 40.1. The maximum atomic E-state index is 12.8. The van der Waals surface area contributed by atoms with Crippen LogP contribution in [0.4, 0.5) is 0 Å². The van der Waals surface area contributed by atoms with E-state index in [1.807, 2.05) is 0 Å². The van der Waals surface area contributed by atoms with Crippen LogP contribution in [-0.2, 0) is 19.1 Å². The predicted octanol–water partition coefficient (Wildman–Crippen LogP) is 13.2. The summed E-state index contributed by atoms with van der Waals surface area (Å²) in [5.74, 6) is 0.513. The number of carbonyl (C=O) groups is 2. The normalized spacial score (nSPS) is 12.2. The average molecular weight is 738 g/mol. The zero-order chi connectivity index (χ0) is 38.2. The van der Waals surface area contributed by atoms with Gasteiger partial charge in [0.1, 0.15) is 0 Å². The minimum atomic E-state index is -0.0186. The molecule has 310 valence electrons. The fraction of sp³-hybridized carbons (Fsp3) is 0.957. The van der Waals surface area contributed by atoms with Gasteiger partial charge in [-0.1, -0.05) is 169 Å². The largest absolute Gasteiger partial charge is 0.466 e. The molecule has 0 bridgehead atoms. The fourth-order valence-corrected chi connectivity index (χ4v) is 7.22. The Hall–Kier alpha value is -1.14. The molecule has 0 fully saturated rings. The second-order valence-corrected chi connectivity index (χ2v) is 16.1. The second-order valence-electron chi connectivity index (χ2n) is 16.1. The number of aliphatic hydroxyl groups is 1. The molecule has 0 aromatic heterocycles. The van der Waals surface area contributed by atoms with Crippen LogP contribution in [0, 0.1) is 11.8 Å². The van der Waals surface area contributed by atoms with E-state index in [-0.39, 0.29) is 24.5 Å². The van der Waals surface area contributed by atoms with Gasteiger partial charge in [-0.3, -0.25) is 9.59 Å². The van der Waals surface area contributed by atoms with Crippen molar-refractivity contribution in [2.75, 3.05) is 39.5 Å². The third-order valence-corrected chi connectivity index (χ3v) is 10.9. The van der Waals surface area contributed by atoms with Crippen molar-refractivity contribution in [3.05, 3.63) is 0 Å². The van der Waals surface area contributed by atoms with Crippen LogP contribution in [0.2, 0.25) is 0 Å². The van der Waals surface area contributed by atoms with Crippen LogP contribution in [0.5, 0.6) is 0 Å². The molecule has 6 heteroatoms. The minimum absolute atomic E-state index is 0.00769. The van der Waals surface area contributed by atoms with Crippen molar-refractivity contribution in [3.8, 4) is 0 Å². The van der Waals surface area contributed by atoms with Crippen LogP contribution < -0.4 is 0 Å². The van der Waals surface area contributed by atoms with Gasteiger partial charge in [-0.15, -0.1) is 0 Å². The van der Waals surface area contributed by atoms with Crippen molar-refractivity contribution in [3.63, 3.8) is 0 Å². The smallest absolute Gasteiger partial charge is 0.308 e. The standard InChI is InChI=1S/C46H91NO5/c1-5-8-11-14-15-19-27-36-45(49)51-41-32-23-16-21-28-37-47(39-30-31-40-48)38-29-22-20-24-33-43(4)46(50)52-42-44(34-25-17-12-9-6-2)35-26-18-13-10-7-3/h43-44,48H,5-42H2,1-4H3. The molecule has 0 saturated heterocycles. The topological polar surface area (TPSA) is 76.1 Å². The molecule has 52 heavy (non-hydrogen) atoms. The summed E-state index contributed by atoms with van der Waals surface area (Å²) in [5.41, 5.74) is 0. The van der Waals surface area contributed by atoms with Crippen molar-refractivity contribution in [1.82, 2.24) is 4.90 Å². The minimum Gasteiger partial charge on any atom is -0.466 e. The molecule has 1 N–H and O–H groups in total. The molecule has 1 atom stereocenters. The molecule has 0 amide bonds. The van der Waals surface area contributed by atoms with Gasteiger partial charge in [0, 0.05) is 13.0 Å². The molecule has 0 aliphatic heterocycles. The summed E-state index contributed by atoms with van der Waals surface area (Å²) >= 11 is 0. The fourth-order valence-electron chi connectivity index (χ4n) is 7.22. The lowest BCUT2D eigenvalue weighted by Gasteiger charge is -2.22. The van der Waals surface area contributed by atoms with Gasteiger partial charge >= 0.3 is 11.9 Å². The highest BCUT2D eigenvalue weighted by molar-refractivity contribution is 5.71. The summed E-state index contributed by atoms with van der Waals surface area (Å²) in [6.45, 7) is 13.6. The molecule has 0 aliphatic rings. The van der Waals surface area contributed by atoms with Crippen LogP contribution >= 0.6 is 0 Å². The number of aliphatic hydroxyl groups excluding tert-OH is 1. The van der Waals surface area contributed by atoms with Gasteiger partial charge in [0.05, 0.1) is 19.1 Å². The van der Waals surface area contributed by atoms with Gasteiger partial charge in [0.25, 0.3) is 0 Å².